The summed E-state index contributed by atoms with van der Waals surface area (Å²) in [6.45, 7) is 9.21. The second-order valence-corrected chi connectivity index (χ2v) is 11.3. The molecule has 0 aromatic heterocycles. The molecular formula is C28H44N4O13. The smallest absolute Gasteiger partial charge is 0.326 e. The predicted molar refractivity (Wildman–Crippen MR) is 152 cm³/mol. The third-order valence-electron chi connectivity index (χ3n) is 7.08. The molecule has 2 saturated heterocycles. The van der Waals surface area contributed by atoms with Gasteiger partial charge in [-0.1, -0.05) is 13.8 Å². The fraction of sp³-hybridized carbons (Fsp3) is 0.750. The third-order valence-corrected chi connectivity index (χ3v) is 7.08. The highest BCUT2D eigenvalue weighted by Gasteiger charge is 2.52. The van der Waals surface area contributed by atoms with Crippen LogP contribution in [0, 0.1) is 5.92 Å². The Morgan fingerprint density at radius 1 is 0.889 bits per heavy atom. The summed E-state index contributed by atoms with van der Waals surface area (Å²) in [5.41, 5.74) is 0. The van der Waals surface area contributed by atoms with Crippen LogP contribution in [0.3, 0.4) is 0 Å². The van der Waals surface area contributed by atoms with Crippen molar-refractivity contribution in [2.75, 3.05) is 13.2 Å². The molecule has 0 aromatic rings. The van der Waals surface area contributed by atoms with Gasteiger partial charge in [0.2, 0.25) is 17.7 Å². The molecule has 254 valence electrons. The van der Waals surface area contributed by atoms with Gasteiger partial charge >= 0.3 is 23.9 Å². The zero-order valence-electron chi connectivity index (χ0n) is 26.4. The Morgan fingerprint density at radius 3 is 2.00 bits per heavy atom. The van der Waals surface area contributed by atoms with Gasteiger partial charge in [-0.15, -0.1) is 0 Å². The van der Waals surface area contributed by atoms with E-state index in [1.807, 2.05) is 0 Å². The summed E-state index contributed by atoms with van der Waals surface area (Å²) in [5.74, 6) is -6.10. The summed E-state index contributed by atoms with van der Waals surface area (Å²) in [5, 5.41) is 20.3. The predicted octanol–water partition coefficient (Wildman–Crippen LogP) is -1.49. The highest BCUT2D eigenvalue weighted by atomic mass is 16.7. The average molecular weight is 645 g/mol. The minimum atomic E-state index is -1.53. The van der Waals surface area contributed by atoms with Gasteiger partial charge in [-0.2, -0.15) is 0 Å². The largest absolute Gasteiger partial charge is 0.480 e. The molecule has 2 aliphatic rings. The van der Waals surface area contributed by atoms with Gasteiger partial charge in [0.1, 0.15) is 30.8 Å². The summed E-state index contributed by atoms with van der Waals surface area (Å²) in [4.78, 5) is 86.4. The Kier molecular flexibility index (Phi) is 14.1. The van der Waals surface area contributed by atoms with Crippen molar-refractivity contribution in [3.63, 3.8) is 0 Å². The second kappa shape index (κ2) is 17.0. The minimum Gasteiger partial charge on any atom is -0.480 e. The molecule has 2 heterocycles. The number of rotatable bonds is 14. The molecule has 17 heteroatoms. The molecule has 5 N–H and O–H groups in total. The van der Waals surface area contributed by atoms with Gasteiger partial charge in [0.05, 0.1) is 12.1 Å². The molecule has 9 atom stereocenters. The van der Waals surface area contributed by atoms with Crippen molar-refractivity contribution in [2.24, 2.45) is 5.92 Å². The molecule has 2 fully saturated rings. The molecule has 2 aliphatic heterocycles. The SMILES string of the molecule is CC(=O)N[C@H]1[C@@H](O[C@H](C)[C@H](NC(=O)[C@@H]2CCCN2)C(=O)N[C@H](C(=O)O)C(C)C)O[C@H](COC(C)=O)[C@H](OC(C)=O)[C@@H]1OC(C)=O. The fourth-order valence-corrected chi connectivity index (χ4v) is 5.01. The van der Waals surface area contributed by atoms with Gasteiger partial charge < -0.3 is 50.1 Å². The first-order chi connectivity index (χ1) is 21.0. The summed E-state index contributed by atoms with van der Waals surface area (Å²) in [7, 11) is 0. The Hall–Kier alpha value is -3.83. The number of hydrogen-bond acceptors (Lipinski definition) is 13. The number of hydrogen-bond donors (Lipinski definition) is 5. The van der Waals surface area contributed by atoms with E-state index in [4.69, 9.17) is 23.7 Å². The van der Waals surface area contributed by atoms with Crippen molar-refractivity contribution in [1.29, 1.82) is 0 Å². The van der Waals surface area contributed by atoms with Crippen LogP contribution in [-0.4, -0.2) is 115 Å². The lowest BCUT2D eigenvalue weighted by atomic mass is 9.95. The molecule has 0 aromatic carbocycles. The van der Waals surface area contributed by atoms with E-state index in [-0.39, 0.29) is 0 Å². The van der Waals surface area contributed by atoms with Crippen molar-refractivity contribution >= 4 is 41.6 Å². The molecule has 0 unspecified atom stereocenters. The van der Waals surface area contributed by atoms with Gasteiger partial charge in [-0.3, -0.25) is 28.8 Å². The van der Waals surface area contributed by atoms with Crippen LogP contribution in [-0.2, 0) is 57.2 Å². The third kappa shape index (κ3) is 11.2. The number of amides is 3. The van der Waals surface area contributed by atoms with Gasteiger partial charge in [0, 0.05) is 27.7 Å². The number of carbonyl (C=O) groups excluding carboxylic acids is 6. The van der Waals surface area contributed by atoms with Crippen molar-refractivity contribution in [1.82, 2.24) is 21.3 Å². The molecule has 0 saturated carbocycles. The number of ether oxygens (including phenoxy) is 5. The lowest BCUT2D eigenvalue weighted by Crippen LogP contribution is -2.68. The average Bonchev–Trinajstić information content (AvgIpc) is 3.46. The number of aliphatic carboxylic acids is 1. The normalized spacial score (nSPS) is 26.5. The van der Waals surface area contributed by atoms with E-state index >= 15 is 0 Å². The summed E-state index contributed by atoms with van der Waals surface area (Å²) in [6.07, 6.45) is -5.60. The maximum absolute atomic E-state index is 13.5. The van der Waals surface area contributed by atoms with Crippen LogP contribution < -0.4 is 21.3 Å². The molecule has 3 amide bonds. The minimum absolute atomic E-state index is 0.477. The van der Waals surface area contributed by atoms with E-state index in [1.54, 1.807) is 13.8 Å². The van der Waals surface area contributed by atoms with Crippen LogP contribution in [0.25, 0.3) is 0 Å². The van der Waals surface area contributed by atoms with E-state index in [2.05, 4.69) is 21.3 Å². The van der Waals surface area contributed by atoms with Crippen LogP contribution >= 0.6 is 0 Å². The van der Waals surface area contributed by atoms with E-state index in [0.29, 0.717) is 13.0 Å². The van der Waals surface area contributed by atoms with Gasteiger partial charge in [0.25, 0.3) is 0 Å². The monoisotopic (exact) mass is 644 g/mol. The van der Waals surface area contributed by atoms with E-state index in [0.717, 1.165) is 27.2 Å². The maximum Gasteiger partial charge on any atom is 0.326 e. The van der Waals surface area contributed by atoms with Crippen LogP contribution in [0.1, 0.15) is 61.3 Å². The highest BCUT2D eigenvalue weighted by molar-refractivity contribution is 5.92. The van der Waals surface area contributed by atoms with Gasteiger partial charge in [0.15, 0.2) is 18.5 Å². The Morgan fingerprint density at radius 2 is 1.51 bits per heavy atom. The first-order valence-electron chi connectivity index (χ1n) is 14.6. The molecule has 45 heavy (non-hydrogen) atoms. The number of esters is 3. The van der Waals surface area contributed by atoms with E-state index < -0.39 is 109 Å². The molecule has 0 bridgehead atoms. The van der Waals surface area contributed by atoms with E-state index in [1.165, 1.54) is 13.8 Å². The first-order valence-corrected chi connectivity index (χ1v) is 14.6. The van der Waals surface area contributed by atoms with Crippen molar-refractivity contribution in [3.8, 4) is 0 Å². The van der Waals surface area contributed by atoms with Crippen LogP contribution in [0.4, 0.5) is 0 Å². The van der Waals surface area contributed by atoms with Crippen LogP contribution in [0.15, 0.2) is 0 Å². The molecular weight excluding hydrogens is 600 g/mol. The number of carboxylic acid groups (broad SMARTS) is 1. The topological polar surface area (TPSA) is 234 Å². The highest BCUT2D eigenvalue weighted by Crippen LogP contribution is 2.29. The molecule has 0 spiro atoms. The summed E-state index contributed by atoms with van der Waals surface area (Å²) < 4.78 is 28.0. The number of nitrogens with one attached hydrogen (secondary N) is 4. The zero-order chi connectivity index (χ0) is 34.0. The Bertz CT molecular complexity index is 1110. The van der Waals surface area contributed by atoms with Crippen LogP contribution in [0.5, 0.6) is 0 Å². The second-order valence-electron chi connectivity index (χ2n) is 11.3. The standard InChI is InChI=1S/C28H44N4O13/c1-12(2)20(27(39)40)31-26(38)21(32-25(37)18-9-8-10-29-18)13(3)42-28-22(30-14(4)33)24(44-17(7)36)23(43-16(6)35)19(45-28)11-41-15(5)34/h12-13,18-24,28-29H,8-11H2,1-7H3,(H,30,33)(H,31,38)(H,32,37)(H,39,40)/t13-,18+,19-,20+,21+,22-,23+,24-,28+/m1/s1. The number of carboxylic acids is 1. The quantitative estimate of drug-likeness (QED) is 0.107. The first kappa shape index (κ1) is 37.4. The lowest BCUT2D eigenvalue weighted by Gasteiger charge is -2.46. The van der Waals surface area contributed by atoms with Gasteiger partial charge in [-0.05, 0) is 32.2 Å². The zero-order valence-corrected chi connectivity index (χ0v) is 26.4. The summed E-state index contributed by atoms with van der Waals surface area (Å²) >= 11 is 0. The Labute approximate surface area is 260 Å². The molecule has 2 rings (SSSR count). The molecule has 0 aliphatic carbocycles. The lowest BCUT2D eigenvalue weighted by molar-refractivity contribution is -0.287. The van der Waals surface area contributed by atoms with Crippen LogP contribution in [0.2, 0.25) is 0 Å². The van der Waals surface area contributed by atoms with E-state index in [9.17, 15) is 38.7 Å². The summed E-state index contributed by atoms with van der Waals surface area (Å²) in [6, 6.07) is -4.69. The molecule has 17 nitrogen and oxygen atoms in total. The Balaban J connectivity index is 2.50. The van der Waals surface area contributed by atoms with Crippen molar-refractivity contribution in [3.05, 3.63) is 0 Å². The fourth-order valence-electron chi connectivity index (χ4n) is 5.01. The maximum atomic E-state index is 13.5. The molecule has 0 radical (unpaired) electrons. The van der Waals surface area contributed by atoms with Gasteiger partial charge in [-0.25, -0.2) is 4.79 Å². The number of carbonyl (C=O) groups is 7. The van der Waals surface area contributed by atoms with Crippen molar-refractivity contribution in [2.45, 2.75) is 116 Å². The van der Waals surface area contributed by atoms with Crippen molar-refractivity contribution < 1.29 is 62.4 Å².